The first-order valence-electron chi connectivity index (χ1n) is 8.45. The van der Waals surface area contributed by atoms with Crippen molar-refractivity contribution in [1.29, 1.82) is 0 Å². The van der Waals surface area contributed by atoms with Gasteiger partial charge < -0.3 is 14.8 Å². The van der Waals surface area contributed by atoms with Crippen LogP contribution in [0.15, 0.2) is 61.2 Å². The number of nitrogens with one attached hydrogen (secondary N) is 1. The Bertz CT molecular complexity index is 998. The van der Waals surface area contributed by atoms with Crippen molar-refractivity contribution in [1.82, 2.24) is 10.3 Å². The van der Waals surface area contributed by atoms with Crippen molar-refractivity contribution < 1.29 is 14.3 Å². The molecule has 26 heavy (non-hydrogen) atoms. The highest BCUT2D eigenvalue weighted by Gasteiger charge is 2.16. The number of benzene rings is 2. The molecule has 2 aromatic carbocycles. The van der Waals surface area contributed by atoms with Crippen LogP contribution >= 0.6 is 0 Å². The fraction of sp³-hybridized carbons (Fsp3) is 0.143. The Balaban J connectivity index is 1.83. The molecule has 1 N–H and O–H groups in total. The maximum atomic E-state index is 12.6. The SMILES string of the molecule is C=CCNC(=O)c1cc(-c2ccc3c(c2)OCCO3)nc2ccccc12. The topological polar surface area (TPSA) is 60.5 Å². The van der Waals surface area contributed by atoms with E-state index in [0.29, 0.717) is 36.8 Å². The van der Waals surface area contributed by atoms with Gasteiger partial charge in [-0.15, -0.1) is 6.58 Å². The van der Waals surface area contributed by atoms with Crippen LogP contribution in [0.5, 0.6) is 11.5 Å². The van der Waals surface area contributed by atoms with Crippen molar-refractivity contribution in [2.45, 2.75) is 0 Å². The zero-order valence-corrected chi connectivity index (χ0v) is 14.2. The molecule has 0 saturated carbocycles. The third-order valence-electron chi connectivity index (χ3n) is 4.21. The van der Waals surface area contributed by atoms with Gasteiger partial charge in [-0.05, 0) is 30.3 Å². The van der Waals surface area contributed by atoms with Gasteiger partial charge in [0.2, 0.25) is 0 Å². The molecule has 0 saturated heterocycles. The molecule has 0 fully saturated rings. The molecule has 5 nitrogen and oxygen atoms in total. The van der Waals surface area contributed by atoms with Crippen molar-refractivity contribution in [2.75, 3.05) is 19.8 Å². The third kappa shape index (κ3) is 2.99. The van der Waals surface area contributed by atoms with E-state index in [4.69, 9.17) is 14.5 Å². The van der Waals surface area contributed by atoms with Crippen molar-refractivity contribution in [3.8, 4) is 22.8 Å². The number of rotatable bonds is 4. The van der Waals surface area contributed by atoms with E-state index in [2.05, 4.69) is 11.9 Å². The highest BCUT2D eigenvalue weighted by molar-refractivity contribution is 6.07. The average Bonchev–Trinajstić information content (AvgIpc) is 2.70. The molecule has 130 valence electrons. The Morgan fingerprint density at radius 1 is 1.12 bits per heavy atom. The lowest BCUT2D eigenvalue weighted by molar-refractivity contribution is 0.0959. The molecule has 3 aromatic rings. The summed E-state index contributed by atoms with van der Waals surface area (Å²) < 4.78 is 11.2. The van der Waals surface area contributed by atoms with Crippen LogP contribution in [0.4, 0.5) is 0 Å². The average molecular weight is 346 g/mol. The fourth-order valence-corrected chi connectivity index (χ4v) is 2.97. The van der Waals surface area contributed by atoms with Crippen LogP contribution in [0.1, 0.15) is 10.4 Å². The lowest BCUT2D eigenvalue weighted by Gasteiger charge is -2.19. The van der Waals surface area contributed by atoms with Gasteiger partial charge in [0.1, 0.15) is 13.2 Å². The van der Waals surface area contributed by atoms with Crippen molar-refractivity contribution in [2.24, 2.45) is 0 Å². The smallest absolute Gasteiger partial charge is 0.252 e. The lowest BCUT2D eigenvalue weighted by atomic mass is 10.0. The molecule has 0 atom stereocenters. The number of carbonyl (C=O) groups is 1. The second-order valence-corrected chi connectivity index (χ2v) is 5.93. The maximum absolute atomic E-state index is 12.6. The Morgan fingerprint density at radius 3 is 2.77 bits per heavy atom. The van der Waals surface area contributed by atoms with E-state index >= 15 is 0 Å². The number of nitrogens with zero attached hydrogens (tertiary/aromatic N) is 1. The van der Waals surface area contributed by atoms with Gasteiger partial charge in [-0.3, -0.25) is 4.79 Å². The summed E-state index contributed by atoms with van der Waals surface area (Å²) in [6.45, 7) is 5.13. The Labute approximate surface area is 151 Å². The summed E-state index contributed by atoms with van der Waals surface area (Å²) in [5.41, 5.74) is 2.94. The molecule has 5 heteroatoms. The first-order chi connectivity index (χ1) is 12.8. The molecule has 1 aromatic heterocycles. The third-order valence-corrected chi connectivity index (χ3v) is 4.21. The molecule has 2 heterocycles. The Morgan fingerprint density at radius 2 is 1.92 bits per heavy atom. The summed E-state index contributed by atoms with van der Waals surface area (Å²) in [5.74, 6) is 1.27. The monoisotopic (exact) mass is 346 g/mol. The zero-order chi connectivity index (χ0) is 17.9. The number of aromatic nitrogens is 1. The van der Waals surface area contributed by atoms with Crippen LogP contribution in [0, 0.1) is 0 Å². The van der Waals surface area contributed by atoms with Crippen LogP contribution in [-0.2, 0) is 0 Å². The van der Waals surface area contributed by atoms with Crippen LogP contribution in [0.25, 0.3) is 22.2 Å². The van der Waals surface area contributed by atoms with Gasteiger partial charge in [0.05, 0.1) is 16.8 Å². The molecule has 0 aliphatic carbocycles. The largest absolute Gasteiger partial charge is 0.486 e. The Hall–Kier alpha value is -3.34. The van der Waals surface area contributed by atoms with Crippen LogP contribution in [0.3, 0.4) is 0 Å². The highest BCUT2D eigenvalue weighted by atomic mass is 16.6. The first kappa shape index (κ1) is 16.1. The summed E-state index contributed by atoms with van der Waals surface area (Å²) in [4.78, 5) is 17.3. The predicted octanol–water partition coefficient (Wildman–Crippen LogP) is 3.59. The van der Waals surface area contributed by atoms with Gasteiger partial charge in [0.25, 0.3) is 5.91 Å². The van der Waals surface area contributed by atoms with E-state index in [1.54, 1.807) is 6.08 Å². The molecular formula is C21H18N2O3. The number of fused-ring (bicyclic) bond motifs is 2. The molecule has 0 unspecified atom stereocenters. The molecule has 1 amide bonds. The first-order valence-corrected chi connectivity index (χ1v) is 8.45. The van der Waals surface area contributed by atoms with Crippen LogP contribution in [0.2, 0.25) is 0 Å². The number of ether oxygens (including phenoxy) is 2. The Kier molecular flexibility index (Phi) is 4.27. The van der Waals surface area contributed by atoms with Gasteiger partial charge in [-0.1, -0.05) is 24.3 Å². The number of hydrogen-bond acceptors (Lipinski definition) is 4. The molecule has 1 aliphatic heterocycles. The maximum Gasteiger partial charge on any atom is 0.252 e. The van der Waals surface area contributed by atoms with Gasteiger partial charge >= 0.3 is 0 Å². The van der Waals surface area contributed by atoms with Crippen molar-refractivity contribution in [3.63, 3.8) is 0 Å². The van der Waals surface area contributed by atoms with Crippen molar-refractivity contribution >= 4 is 16.8 Å². The van der Waals surface area contributed by atoms with Gasteiger partial charge in [0, 0.05) is 17.5 Å². The van der Waals surface area contributed by atoms with E-state index in [9.17, 15) is 4.79 Å². The standard InChI is InChI=1S/C21H18N2O3/c1-2-9-22-21(24)16-13-18(23-17-6-4-3-5-15(16)17)14-7-8-19-20(12-14)26-11-10-25-19/h2-8,12-13H,1,9-11H2,(H,22,24). The molecule has 0 spiro atoms. The summed E-state index contributed by atoms with van der Waals surface area (Å²) >= 11 is 0. The lowest BCUT2D eigenvalue weighted by Crippen LogP contribution is -2.23. The van der Waals surface area contributed by atoms with E-state index in [1.807, 2.05) is 48.5 Å². The second kappa shape index (κ2) is 6.88. The summed E-state index contributed by atoms with van der Waals surface area (Å²) in [5, 5.41) is 3.66. The van der Waals surface area contributed by atoms with Crippen LogP contribution < -0.4 is 14.8 Å². The molecule has 0 radical (unpaired) electrons. The number of amides is 1. The van der Waals surface area contributed by atoms with Crippen molar-refractivity contribution in [3.05, 3.63) is 66.7 Å². The number of pyridine rings is 1. The molecule has 0 bridgehead atoms. The molecular weight excluding hydrogens is 328 g/mol. The van der Waals surface area contributed by atoms with Gasteiger partial charge in [-0.25, -0.2) is 4.98 Å². The van der Waals surface area contributed by atoms with E-state index < -0.39 is 0 Å². The zero-order valence-electron chi connectivity index (χ0n) is 14.2. The second-order valence-electron chi connectivity index (χ2n) is 5.93. The number of carbonyl (C=O) groups excluding carboxylic acids is 1. The minimum atomic E-state index is -0.151. The summed E-state index contributed by atoms with van der Waals surface area (Å²) in [6, 6.07) is 15.1. The summed E-state index contributed by atoms with van der Waals surface area (Å²) in [6.07, 6.45) is 1.66. The van der Waals surface area contributed by atoms with E-state index in [1.165, 1.54) is 0 Å². The van der Waals surface area contributed by atoms with Gasteiger partial charge in [-0.2, -0.15) is 0 Å². The summed E-state index contributed by atoms with van der Waals surface area (Å²) in [7, 11) is 0. The highest BCUT2D eigenvalue weighted by Crippen LogP contribution is 2.35. The molecule has 4 rings (SSSR count). The molecule has 1 aliphatic rings. The predicted molar refractivity (Wildman–Crippen MR) is 101 cm³/mol. The number of para-hydroxylation sites is 1. The number of hydrogen-bond donors (Lipinski definition) is 1. The quantitative estimate of drug-likeness (QED) is 0.734. The van der Waals surface area contributed by atoms with Crippen LogP contribution in [-0.4, -0.2) is 30.6 Å². The van der Waals surface area contributed by atoms with E-state index in [0.717, 1.165) is 22.2 Å². The normalized spacial score (nSPS) is 12.6. The fourth-order valence-electron chi connectivity index (χ4n) is 2.97. The van der Waals surface area contributed by atoms with E-state index in [-0.39, 0.29) is 5.91 Å². The van der Waals surface area contributed by atoms with Gasteiger partial charge in [0.15, 0.2) is 11.5 Å². The minimum Gasteiger partial charge on any atom is -0.486 e. The minimum absolute atomic E-state index is 0.151.